The van der Waals surface area contributed by atoms with E-state index in [2.05, 4.69) is 31.1 Å². The van der Waals surface area contributed by atoms with Crippen LogP contribution in [0.2, 0.25) is 0 Å². The van der Waals surface area contributed by atoms with E-state index in [-0.39, 0.29) is 11.9 Å². The Morgan fingerprint density at radius 1 is 1.16 bits per heavy atom. The first-order valence-electron chi connectivity index (χ1n) is 11.9. The number of rotatable bonds is 9. The van der Waals surface area contributed by atoms with E-state index in [1.54, 1.807) is 4.57 Å². The molecule has 0 spiro atoms. The second-order valence-corrected chi connectivity index (χ2v) is 9.23. The van der Waals surface area contributed by atoms with Gasteiger partial charge in [0.2, 0.25) is 5.91 Å². The van der Waals surface area contributed by atoms with Crippen LogP contribution in [0.1, 0.15) is 84.4 Å². The monoisotopic (exact) mass is 431 g/mol. The van der Waals surface area contributed by atoms with Crippen LogP contribution in [0, 0.1) is 5.92 Å². The molecule has 1 fully saturated rings. The molecule has 172 valence electrons. The summed E-state index contributed by atoms with van der Waals surface area (Å²) in [5.74, 6) is 1.03. The Morgan fingerprint density at radius 2 is 1.87 bits per heavy atom. The zero-order valence-electron chi connectivity index (χ0n) is 19.2. The fourth-order valence-corrected chi connectivity index (χ4v) is 4.44. The van der Waals surface area contributed by atoms with Crippen molar-refractivity contribution in [3.8, 4) is 0 Å². The summed E-state index contributed by atoms with van der Waals surface area (Å²) in [5, 5.41) is 3.18. The lowest BCUT2D eigenvalue weighted by Gasteiger charge is -2.16. The molecule has 2 aromatic rings. The van der Waals surface area contributed by atoms with Crippen LogP contribution >= 0.6 is 0 Å². The molecule has 2 N–H and O–H groups in total. The molecule has 1 saturated carbocycles. The smallest absolute Gasteiger partial charge is 0.330 e. The van der Waals surface area contributed by atoms with Crippen molar-refractivity contribution in [2.75, 3.05) is 0 Å². The highest BCUT2D eigenvalue weighted by molar-refractivity contribution is 5.77. The van der Waals surface area contributed by atoms with Crippen LogP contribution in [0.15, 0.2) is 9.59 Å². The van der Waals surface area contributed by atoms with Crippen molar-refractivity contribution in [2.45, 2.75) is 104 Å². The van der Waals surface area contributed by atoms with Crippen LogP contribution in [0.3, 0.4) is 0 Å². The number of hydrogen-bond acceptors (Lipinski definition) is 4. The van der Waals surface area contributed by atoms with Crippen molar-refractivity contribution in [2.24, 2.45) is 5.92 Å². The van der Waals surface area contributed by atoms with Crippen molar-refractivity contribution in [1.82, 2.24) is 24.4 Å². The van der Waals surface area contributed by atoms with E-state index in [0.717, 1.165) is 25.7 Å². The normalized spacial score (nSPS) is 15.5. The van der Waals surface area contributed by atoms with E-state index in [0.29, 0.717) is 48.8 Å². The number of aromatic amines is 1. The molecule has 8 nitrogen and oxygen atoms in total. The average molecular weight is 432 g/mol. The number of carbonyl (C=O) groups excluding carboxylic acids is 1. The number of carbonyl (C=O) groups is 1. The number of nitrogens with zero attached hydrogens (tertiary/aromatic N) is 3. The summed E-state index contributed by atoms with van der Waals surface area (Å²) in [6.45, 7) is 7.35. The summed E-state index contributed by atoms with van der Waals surface area (Å²) in [7, 11) is 0. The molecular formula is C23H37N5O3. The van der Waals surface area contributed by atoms with Gasteiger partial charge in [-0.3, -0.25) is 19.1 Å². The topological polar surface area (TPSA) is 102 Å². The number of H-pyrrole nitrogens is 1. The van der Waals surface area contributed by atoms with Crippen molar-refractivity contribution < 1.29 is 4.79 Å². The molecular weight excluding hydrogens is 394 g/mol. The highest BCUT2D eigenvalue weighted by atomic mass is 16.2. The number of aryl methyl sites for hydroxylation is 2. The first-order chi connectivity index (χ1) is 14.9. The van der Waals surface area contributed by atoms with E-state index in [1.807, 2.05) is 4.57 Å². The minimum absolute atomic E-state index is 0.0346. The van der Waals surface area contributed by atoms with Gasteiger partial charge in [-0.2, -0.15) is 0 Å². The third kappa shape index (κ3) is 5.86. The predicted octanol–water partition coefficient (Wildman–Crippen LogP) is 3.11. The van der Waals surface area contributed by atoms with E-state index in [1.165, 1.54) is 25.7 Å². The zero-order chi connectivity index (χ0) is 22.4. The molecule has 2 aromatic heterocycles. The van der Waals surface area contributed by atoms with Gasteiger partial charge in [0.05, 0.1) is 0 Å². The Bertz CT molecular complexity index is 993. The lowest BCUT2D eigenvalue weighted by atomic mass is 10.1. The molecule has 1 amide bonds. The van der Waals surface area contributed by atoms with Crippen molar-refractivity contribution in [1.29, 1.82) is 0 Å². The van der Waals surface area contributed by atoms with Crippen LogP contribution in [0.25, 0.3) is 11.2 Å². The lowest BCUT2D eigenvalue weighted by molar-refractivity contribution is -0.121. The van der Waals surface area contributed by atoms with Gasteiger partial charge in [0.1, 0.15) is 5.82 Å². The Hall–Kier alpha value is -2.38. The molecule has 3 rings (SSSR count). The van der Waals surface area contributed by atoms with Gasteiger partial charge in [0.25, 0.3) is 5.56 Å². The Kier molecular flexibility index (Phi) is 8.09. The third-order valence-corrected chi connectivity index (χ3v) is 6.04. The molecule has 1 aliphatic rings. The number of aromatic nitrogens is 4. The van der Waals surface area contributed by atoms with Crippen molar-refractivity contribution in [3.05, 3.63) is 26.7 Å². The van der Waals surface area contributed by atoms with Gasteiger partial charge in [-0.1, -0.05) is 52.9 Å². The molecule has 0 radical (unpaired) electrons. The Morgan fingerprint density at radius 3 is 2.52 bits per heavy atom. The zero-order valence-corrected chi connectivity index (χ0v) is 19.2. The maximum absolute atomic E-state index is 12.7. The molecule has 0 aromatic carbocycles. The van der Waals surface area contributed by atoms with Crippen LogP contribution in [0.5, 0.6) is 0 Å². The maximum Gasteiger partial charge on any atom is 0.330 e. The summed E-state index contributed by atoms with van der Waals surface area (Å²) in [6, 6.07) is 0.270. The predicted molar refractivity (Wildman–Crippen MR) is 122 cm³/mol. The second-order valence-electron chi connectivity index (χ2n) is 9.23. The van der Waals surface area contributed by atoms with Gasteiger partial charge in [-0.05, 0) is 25.2 Å². The van der Waals surface area contributed by atoms with Crippen molar-refractivity contribution in [3.63, 3.8) is 0 Å². The summed E-state index contributed by atoms with van der Waals surface area (Å²) in [5.41, 5.74) is 0.0402. The maximum atomic E-state index is 12.7. The van der Waals surface area contributed by atoms with Gasteiger partial charge in [0.15, 0.2) is 11.2 Å². The highest BCUT2D eigenvalue weighted by Gasteiger charge is 2.20. The first kappa shape index (κ1) is 23.3. The largest absolute Gasteiger partial charge is 0.353 e. The fraction of sp³-hybridized carbons (Fsp3) is 0.739. The number of hydrogen-bond donors (Lipinski definition) is 2. The van der Waals surface area contributed by atoms with Crippen LogP contribution in [-0.2, 0) is 24.3 Å². The lowest BCUT2D eigenvalue weighted by Crippen LogP contribution is -2.34. The molecule has 8 heteroatoms. The SMILES string of the molecule is CCCCn1c(=O)[nH]c(=O)c2c1nc(CCC(=O)NC1CCCCCC1)n2CC(C)C. The second kappa shape index (κ2) is 10.8. The number of imidazole rings is 1. The third-order valence-electron chi connectivity index (χ3n) is 6.04. The summed E-state index contributed by atoms with van der Waals surface area (Å²) in [6.07, 6.45) is 9.50. The van der Waals surface area contributed by atoms with Gasteiger partial charge < -0.3 is 9.88 Å². The molecule has 31 heavy (non-hydrogen) atoms. The van der Waals surface area contributed by atoms with E-state index < -0.39 is 11.2 Å². The van der Waals surface area contributed by atoms with Gasteiger partial charge in [-0.15, -0.1) is 0 Å². The van der Waals surface area contributed by atoms with Crippen molar-refractivity contribution >= 4 is 17.1 Å². The molecule has 0 bridgehead atoms. The van der Waals surface area contributed by atoms with Crippen LogP contribution in [0.4, 0.5) is 0 Å². The van der Waals surface area contributed by atoms with E-state index in [4.69, 9.17) is 4.98 Å². The van der Waals surface area contributed by atoms with Crippen LogP contribution in [-0.4, -0.2) is 31.1 Å². The van der Waals surface area contributed by atoms with E-state index >= 15 is 0 Å². The Balaban J connectivity index is 1.86. The molecule has 0 aliphatic heterocycles. The van der Waals surface area contributed by atoms with Gasteiger partial charge >= 0.3 is 5.69 Å². The number of amides is 1. The molecule has 0 atom stereocenters. The van der Waals surface area contributed by atoms with Gasteiger partial charge in [0, 0.05) is 32.0 Å². The average Bonchev–Trinajstić information content (AvgIpc) is 2.87. The van der Waals surface area contributed by atoms with Crippen LogP contribution < -0.4 is 16.6 Å². The standard InChI is InChI=1S/C23H37N5O3/c1-4-5-14-27-21-20(22(30)26-23(27)31)28(15-16(2)3)18(25-21)12-13-19(29)24-17-10-8-6-7-9-11-17/h16-17H,4-15H2,1-3H3,(H,24,29)(H,26,30,31). The first-order valence-corrected chi connectivity index (χ1v) is 11.9. The van der Waals surface area contributed by atoms with E-state index in [9.17, 15) is 14.4 Å². The minimum Gasteiger partial charge on any atom is -0.353 e. The summed E-state index contributed by atoms with van der Waals surface area (Å²) < 4.78 is 3.46. The summed E-state index contributed by atoms with van der Waals surface area (Å²) in [4.78, 5) is 44.8. The molecule has 0 saturated heterocycles. The number of nitrogens with one attached hydrogen (secondary N) is 2. The summed E-state index contributed by atoms with van der Waals surface area (Å²) >= 11 is 0. The Labute approximate surface area is 183 Å². The number of unbranched alkanes of at least 4 members (excludes halogenated alkanes) is 1. The molecule has 1 aliphatic carbocycles. The quantitative estimate of drug-likeness (QED) is 0.596. The number of fused-ring (bicyclic) bond motifs is 1. The fourth-order valence-electron chi connectivity index (χ4n) is 4.44. The van der Waals surface area contributed by atoms with Gasteiger partial charge in [-0.25, -0.2) is 9.78 Å². The molecule has 0 unspecified atom stereocenters. The highest BCUT2D eigenvalue weighted by Crippen LogP contribution is 2.18. The molecule has 2 heterocycles. The minimum atomic E-state index is -0.419.